The smallest absolute Gasteiger partial charge is 0.00127 e. The van der Waals surface area contributed by atoms with E-state index in [-0.39, 0.29) is 0 Å². The van der Waals surface area contributed by atoms with Gasteiger partial charge in [-0.25, -0.2) is 0 Å². The Labute approximate surface area is 80.5 Å². The molecule has 1 aliphatic heterocycles. The predicted molar refractivity (Wildman–Crippen MR) is 52.3 cm³/mol. The first-order chi connectivity index (χ1) is 6.34. The van der Waals surface area contributed by atoms with Gasteiger partial charge in [-0.3, -0.25) is 0 Å². The number of rotatable bonds is 0. The normalized spacial score (nSPS) is 63.5. The highest BCUT2D eigenvalue weighted by Gasteiger charge is 2.62. The maximum absolute atomic E-state index is 2.59. The van der Waals surface area contributed by atoms with Crippen LogP contribution in [-0.2, 0) is 0 Å². The van der Waals surface area contributed by atoms with Gasteiger partial charge in [0.15, 0.2) is 0 Å². The third kappa shape index (κ3) is 0.782. The topological polar surface area (TPSA) is 3.24 Å². The molecule has 0 amide bonds. The Morgan fingerprint density at radius 3 is 1.85 bits per heavy atom. The summed E-state index contributed by atoms with van der Waals surface area (Å²) in [5.41, 5.74) is 0. The molecule has 0 spiro atoms. The van der Waals surface area contributed by atoms with Gasteiger partial charge in [0, 0.05) is 13.1 Å². The van der Waals surface area contributed by atoms with Crippen molar-refractivity contribution in [3.8, 4) is 0 Å². The van der Waals surface area contributed by atoms with E-state index in [1.807, 2.05) is 0 Å². The Kier molecular flexibility index (Phi) is 1.19. The molecule has 72 valence electrons. The van der Waals surface area contributed by atoms with Gasteiger partial charge >= 0.3 is 0 Å². The van der Waals surface area contributed by atoms with Crippen molar-refractivity contribution < 1.29 is 0 Å². The number of nitrogens with zero attached hydrogens (tertiary/aromatic N) is 1. The van der Waals surface area contributed by atoms with Crippen molar-refractivity contribution >= 4 is 0 Å². The van der Waals surface area contributed by atoms with E-state index in [9.17, 15) is 0 Å². The van der Waals surface area contributed by atoms with Crippen LogP contribution >= 0.6 is 0 Å². The summed E-state index contributed by atoms with van der Waals surface area (Å²) in [6.07, 6.45) is 4.79. The van der Waals surface area contributed by atoms with Crippen molar-refractivity contribution in [3.63, 3.8) is 0 Å². The molecular formula is C12H19N. The van der Waals surface area contributed by atoms with Gasteiger partial charge in [-0.2, -0.15) is 0 Å². The molecule has 5 fully saturated rings. The van der Waals surface area contributed by atoms with Crippen molar-refractivity contribution in [2.24, 2.45) is 35.5 Å². The van der Waals surface area contributed by atoms with Gasteiger partial charge in [-0.05, 0) is 61.8 Å². The Morgan fingerprint density at radius 1 is 0.769 bits per heavy atom. The molecule has 1 saturated heterocycles. The van der Waals surface area contributed by atoms with E-state index < -0.39 is 0 Å². The third-order valence-electron chi connectivity index (χ3n) is 5.52. The minimum absolute atomic E-state index is 1.12. The maximum Gasteiger partial charge on any atom is 0.00127 e. The van der Waals surface area contributed by atoms with E-state index in [4.69, 9.17) is 0 Å². The second-order valence-electron chi connectivity index (χ2n) is 6.02. The monoisotopic (exact) mass is 177 g/mol. The van der Waals surface area contributed by atoms with Gasteiger partial charge in [0.1, 0.15) is 0 Å². The second-order valence-corrected chi connectivity index (χ2v) is 6.02. The van der Waals surface area contributed by atoms with E-state index in [1.165, 1.54) is 24.9 Å². The van der Waals surface area contributed by atoms with Crippen LogP contribution < -0.4 is 0 Å². The van der Waals surface area contributed by atoms with Gasteiger partial charge in [0.2, 0.25) is 0 Å². The van der Waals surface area contributed by atoms with Crippen molar-refractivity contribution in [3.05, 3.63) is 0 Å². The Bertz CT molecular complexity index is 226. The van der Waals surface area contributed by atoms with Crippen LogP contribution in [0.3, 0.4) is 0 Å². The molecule has 0 aromatic rings. The maximum atomic E-state index is 2.59. The van der Waals surface area contributed by atoms with Crippen LogP contribution in [0.4, 0.5) is 0 Å². The molecule has 6 unspecified atom stereocenters. The third-order valence-corrected chi connectivity index (χ3v) is 5.52. The lowest BCUT2D eigenvalue weighted by molar-refractivity contribution is 0.0464. The van der Waals surface area contributed by atoms with Crippen LogP contribution in [0.15, 0.2) is 0 Å². The van der Waals surface area contributed by atoms with Gasteiger partial charge in [0.05, 0.1) is 0 Å². The summed E-state index contributed by atoms with van der Waals surface area (Å²) in [7, 11) is 2.32. The van der Waals surface area contributed by atoms with E-state index in [0.717, 1.165) is 23.7 Å². The van der Waals surface area contributed by atoms with Crippen LogP contribution in [-0.4, -0.2) is 25.0 Å². The number of likely N-dealkylation sites (tertiary alicyclic amines) is 1. The molecular weight excluding hydrogens is 158 g/mol. The van der Waals surface area contributed by atoms with Gasteiger partial charge in [0.25, 0.3) is 0 Å². The van der Waals surface area contributed by atoms with E-state index in [1.54, 1.807) is 19.3 Å². The predicted octanol–water partition coefficient (Wildman–Crippen LogP) is 1.84. The van der Waals surface area contributed by atoms with Crippen molar-refractivity contribution in [1.29, 1.82) is 0 Å². The Balaban J connectivity index is 1.72. The van der Waals surface area contributed by atoms with Gasteiger partial charge < -0.3 is 4.90 Å². The Morgan fingerprint density at radius 2 is 1.31 bits per heavy atom. The fourth-order valence-electron chi connectivity index (χ4n) is 5.07. The summed E-state index contributed by atoms with van der Waals surface area (Å²) in [5.74, 6) is 6.95. The minimum atomic E-state index is 1.12. The highest BCUT2D eigenvalue weighted by molar-refractivity contribution is 5.11. The lowest BCUT2D eigenvalue weighted by Crippen LogP contribution is -2.40. The molecule has 4 aliphatic carbocycles. The number of fused-ring (bicyclic) bond motifs is 1. The zero-order valence-corrected chi connectivity index (χ0v) is 8.45. The van der Waals surface area contributed by atoms with Crippen molar-refractivity contribution in [1.82, 2.24) is 4.90 Å². The average Bonchev–Trinajstić information content (AvgIpc) is 2.82. The minimum Gasteiger partial charge on any atom is -0.306 e. The molecule has 0 radical (unpaired) electrons. The lowest BCUT2D eigenvalue weighted by Gasteiger charge is -2.44. The highest BCUT2D eigenvalue weighted by atomic mass is 15.1. The molecule has 0 aromatic heterocycles. The molecule has 6 atom stereocenters. The molecule has 4 saturated carbocycles. The standard InChI is InChI=1S/C12H19N/c1-13-5-11-7-2-3-8(12(11)6-13)10-4-9(7)10/h7-12H,2-6H2,1H3. The molecule has 13 heavy (non-hydrogen) atoms. The van der Waals surface area contributed by atoms with Gasteiger partial charge in [-0.15, -0.1) is 0 Å². The zero-order valence-electron chi connectivity index (χ0n) is 8.45. The second kappa shape index (κ2) is 2.13. The van der Waals surface area contributed by atoms with E-state index >= 15 is 0 Å². The molecule has 0 aromatic carbocycles. The first kappa shape index (κ1) is 7.28. The average molecular weight is 177 g/mol. The summed E-state index contributed by atoms with van der Waals surface area (Å²) in [4.78, 5) is 2.59. The molecule has 5 aliphatic rings. The summed E-state index contributed by atoms with van der Waals surface area (Å²) < 4.78 is 0. The fourth-order valence-corrected chi connectivity index (χ4v) is 5.07. The lowest BCUT2D eigenvalue weighted by atomic mass is 9.60. The first-order valence-electron chi connectivity index (χ1n) is 6.03. The SMILES string of the molecule is CN1CC2C3CCC(C4CC34)C2C1. The summed E-state index contributed by atoms with van der Waals surface area (Å²) >= 11 is 0. The quantitative estimate of drug-likeness (QED) is 0.546. The number of hydrogen-bond donors (Lipinski definition) is 0. The van der Waals surface area contributed by atoms with E-state index in [2.05, 4.69) is 11.9 Å². The van der Waals surface area contributed by atoms with Crippen molar-refractivity contribution in [2.75, 3.05) is 20.1 Å². The largest absolute Gasteiger partial charge is 0.306 e. The molecule has 1 heteroatoms. The molecule has 1 nitrogen and oxygen atoms in total. The Hall–Kier alpha value is -0.0400. The number of hydrogen-bond acceptors (Lipinski definition) is 1. The van der Waals surface area contributed by atoms with Crippen LogP contribution in [0, 0.1) is 35.5 Å². The summed E-state index contributed by atoms with van der Waals surface area (Å²) in [6.45, 7) is 2.85. The van der Waals surface area contributed by atoms with Gasteiger partial charge in [-0.1, -0.05) is 0 Å². The van der Waals surface area contributed by atoms with Crippen LogP contribution in [0.25, 0.3) is 0 Å². The molecule has 5 rings (SSSR count). The zero-order chi connectivity index (χ0) is 8.58. The van der Waals surface area contributed by atoms with Crippen LogP contribution in [0.2, 0.25) is 0 Å². The molecule has 2 bridgehead atoms. The van der Waals surface area contributed by atoms with Crippen LogP contribution in [0.5, 0.6) is 0 Å². The summed E-state index contributed by atoms with van der Waals surface area (Å²) in [5, 5.41) is 0. The van der Waals surface area contributed by atoms with Crippen LogP contribution in [0.1, 0.15) is 19.3 Å². The first-order valence-corrected chi connectivity index (χ1v) is 6.03. The van der Waals surface area contributed by atoms with E-state index in [0.29, 0.717) is 0 Å². The highest BCUT2D eigenvalue weighted by Crippen LogP contribution is 2.67. The fraction of sp³-hybridized carbons (Fsp3) is 1.00. The molecule has 0 N–H and O–H groups in total. The van der Waals surface area contributed by atoms with Crippen molar-refractivity contribution in [2.45, 2.75) is 19.3 Å². The summed E-state index contributed by atoms with van der Waals surface area (Å²) in [6, 6.07) is 0. The molecule has 1 heterocycles.